The molecule has 1 nitrogen and oxygen atoms in total. The van der Waals surface area contributed by atoms with Crippen LogP contribution in [0.25, 0.3) is 0 Å². The molecule has 1 aromatic carbocycles. The third-order valence-electron chi connectivity index (χ3n) is 4.56. The van der Waals surface area contributed by atoms with Gasteiger partial charge in [0.05, 0.1) is 0 Å². The number of benzene rings is 1. The molecule has 98 valence electrons. The molecule has 1 aromatic rings. The van der Waals surface area contributed by atoms with Crippen LogP contribution in [0.15, 0.2) is 18.2 Å². The van der Waals surface area contributed by atoms with Crippen molar-refractivity contribution in [1.29, 1.82) is 0 Å². The molecule has 1 saturated carbocycles. The zero-order valence-corrected chi connectivity index (χ0v) is 11.6. The fourth-order valence-corrected chi connectivity index (χ4v) is 3.90. The summed E-state index contributed by atoms with van der Waals surface area (Å²) in [6.07, 6.45) is 6.25. The van der Waals surface area contributed by atoms with Crippen molar-refractivity contribution < 1.29 is 4.39 Å². The molecule has 0 spiro atoms. The van der Waals surface area contributed by atoms with Gasteiger partial charge in [-0.25, -0.2) is 4.39 Å². The lowest BCUT2D eigenvalue weighted by Crippen LogP contribution is -2.36. The topological polar surface area (TPSA) is 3.24 Å². The highest BCUT2D eigenvalue weighted by Crippen LogP contribution is 2.42. The first-order valence-corrected chi connectivity index (χ1v) is 7.50. The van der Waals surface area contributed by atoms with Gasteiger partial charge >= 0.3 is 0 Å². The van der Waals surface area contributed by atoms with Crippen LogP contribution in [0, 0.1) is 11.2 Å². The highest BCUT2D eigenvalue weighted by Gasteiger charge is 2.35. The van der Waals surface area contributed by atoms with Gasteiger partial charge in [0.15, 0.2) is 0 Å². The van der Waals surface area contributed by atoms with Gasteiger partial charge in [-0.2, -0.15) is 12.6 Å². The summed E-state index contributed by atoms with van der Waals surface area (Å²) in [4.78, 5) is 2.37. The molecular formula is C15H20FNS. The first kappa shape index (κ1) is 12.3. The lowest BCUT2D eigenvalue weighted by atomic mass is 9.88. The van der Waals surface area contributed by atoms with E-state index < -0.39 is 0 Å². The summed E-state index contributed by atoms with van der Waals surface area (Å²) in [6, 6.07) is 5.21. The van der Waals surface area contributed by atoms with E-state index in [0.29, 0.717) is 5.41 Å². The zero-order valence-electron chi connectivity index (χ0n) is 10.7. The van der Waals surface area contributed by atoms with Gasteiger partial charge < -0.3 is 4.90 Å². The Bertz CT molecular complexity index is 440. The van der Waals surface area contributed by atoms with Gasteiger partial charge in [-0.15, -0.1) is 0 Å². The van der Waals surface area contributed by atoms with Gasteiger partial charge in [-0.3, -0.25) is 0 Å². The molecule has 18 heavy (non-hydrogen) atoms. The highest BCUT2D eigenvalue weighted by atomic mass is 32.1. The smallest absolute Gasteiger partial charge is 0.125 e. The maximum atomic E-state index is 13.4. The largest absolute Gasteiger partial charge is 0.370 e. The number of nitrogens with zero attached hydrogens (tertiary/aromatic N) is 1. The van der Waals surface area contributed by atoms with Crippen molar-refractivity contribution in [1.82, 2.24) is 0 Å². The molecular weight excluding hydrogens is 245 g/mol. The highest BCUT2D eigenvalue weighted by molar-refractivity contribution is 7.80. The molecule has 0 radical (unpaired) electrons. The van der Waals surface area contributed by atoms with Crippen LogP contribution in [-0.4, -0.2) is 18.8 Å². The second kappa shape index (κ2) is 4.76. The van der Waals surface area contributed by atoms with Gasteiger partial charge in [-0.1, -0.05) is 18.9 Å². The van der Waals surface area contributed by atoms with E-state index in [1.807, 2.05) is 6.07 Å². The van der Waals surface area contributed by atoms with E-state index in [1.54, 1.807) is 12.1 Å². The standard InChI is InChI=1S/C15H20FNS/c16-13-4-3-12-5-8-17(14(12)9-13)10-15(11-18)6-1-2-7-15/h3-4,9,18H,1-2,5-8,10-11H2. The second-order valence-corrected chi connectivity index (χ2v) is 6.13. The normalized spacial score (nSPS) is 21.3. The van der Waals surface area contributed by atoms with Crippen molar-refractivity contribution in [3.8, 4) is 0 Å². The van der Waals surface area contributed by atoms with Crippen molar-refractivity contribution in [3.05, 3.63) is 29.6 Å². The summed E-state index contributed by atoms with van der Waals surface area (Å²) in [5, 5.41) is 0. The fourth-order valence-electron chi connectivity index (χ4n) is 3.48. The van der Waals surface area contributed by atoms with Crippen LogP contribution in [0.3, 0.4) is 0 Å². The fraction of sp³-hybridized carbons (Fsp3) is 0.600. The summed E-state index contributed by atoms with van der Waals surface area (Å²) in [5.41, 5.74) is 2.77. The molecule has 1 aliphatic heterocycles. The molecule has 3 heteroatoms. The van der Waals surface area contributed by atoms with Crippen molar-refractivity contribution >= 4 is 18.3 Å². The summed E-state index contributed by atoms with van der Waals surface area (Å²) < 4.78 is 13.4. The molecule has 0 unspecified atom stereocenters. The average Bonchev–Trinajstić information content (AvgIpc) is 2.98. The third kappa shape index (κ3) is 2.13. The van der Waals surface area contributed by atoms with E-state index >= 15 is 0 Å². The van der Waals surface area contributed by atoms with E-state index in [0.717, 1.165) is 31.0 Å². The van der Waals surface area contributed by atoms with Crippen LogP contribution in [0.5, 0.6) is 0 Å². The zero-order chi connectivity index (χ0) is 12.6. The molecule has 1 heterocycles. The number of hydrogen-bond donors (Lipinski definition) is 1. The van der Waals surface area contributed by atoms with Gasteiger partial charge in [0.25, 0.3) is 0 Å². The quantitative estimate of drug-likeness (QED) is 0.816. The Morgan fingerprint density at radius 2 is 2.06 bits per heavy atom. The van der Waals surface area contributed by atoms with Gasteiger partial charge in [0, 0.05) is 18.8 Å². The van der Waals surface area contributed by atoms with E-state index in [9.17, 15) is 4.39 Å². The predicted octanol–water partition coefficient (Wildman–Crippen LogP) is 3.68. The summed E-state index contributed by atoms with van der Waals surface area (Å²) in [7, 11) is 0. The number of hydrogen-bond acceptors (Lipinski definition) is 2. The van der Waals surface area contributed by atoms with Crippen molar-refractivity contribution in [2.45, 2.75) is 32.1 Å². The van der Waals surface area contributed by atoms with Gasteiger partial charge in [0.2, 0.25) is 0 Å². The summed E-state index contributed by atoms with van der Waals surface area (Å²) >= 11 is 4.56. The van der Waals surface area contributed by atoms with Crippen molar-refractivity contribution in [2.75, 3.05) is 23.7 Å². The minimum atomic E-state index is -0.119. The Labute approximate surface area is 114 Å². The number of thiol groups is 1. The minimum Gasteiger partial charge on any atom is -0.370 e. The molecule has 0 N–H and O–H groups in total. The Morgan fingerprint density at radius 1 is 1.28 bits per heavy atom. The molecule has 0 atom stereocenters. The molecule has 0 bridgehead atoms. The van der Waals surface area contributed by atoms with Crippen LogP contribution in [0.4, 0.5) is 10.1 Å². The monoisotopic (exact) mass is 265 g/mol. The van der Waals surface area contributed by atoms with Crippen molar-refractivity contribution in [3.63, 3.8) is 0 Å². The SMILES string of the molecule is Fc1ccc2c(c1)N(CC1(CS)CCCC1)CC2. The number of halogens is 1. The summed E-state index contributed by atoms with van der Waals surface area (Å²) in [6.45, 7) is 2.08. The molecule has 2 aliphatic rings. The molecule has 1 aliphatic carbocycles. The molecule has 0 amide bonds. The molecule has 0 aromatic heterocycles. The van der Waals surface area contributed by atoms with E-state index in [1.165, 1.54) is 31.2 Å². The Morgan fingerprint density at radius 3 is 2.78 bits per heavy atom. The summed E-state index contributed by atoms with van der Waals surface area (Å²) in [5.74, 6) is 0.834. The number of rotatable bonds is 3. The number of anilines is 1. The van der Waals surface area contributed by atoms with E-state index in [2.05, 4.69) is 17.5 Å². The Hall–Kier alpha value is -0.700. The van der Waals surface area contributed by atoms with Gasteiger partial charge in [-0.05, 0) is 48.1 Å². The third-order valence-corrected chi connectivity index (χ3v) is 5.24. The molecule has 1 fully saturated rings. The van der Waals surface area contributed by atoms with Crippen LogP contribution in [0.2, 0.25) is 0 Å². The van der Waals surface area contributed by atoms with Crippen LogP contribution >= 0.6 is 12.6 Å². The lowest BCUT2D eigenvalue weighted by molar-refractivity contribution is 0.350. The lowest BCUT2D eigenvalue weighted by Gasteiger charge is -2.33. The van der Waals surface area contributed by atoms with Crippen LogP contribution in [-0.2, 0) is 6.42 Å². The maximum Gasteiger partial charge on any atom is 0.125 e. The molecule has 3 rings (SSSR count). The average molecular weight is 265 g/mol. The predicted molar refractivity (Wildman–Crippen MR) is 77.1 cm³/mol. The molecule has 0 saturated heterocycles. The first-order chi connectivity index (χ1) is 8.72. The van der Waals surface area contributed by atoms with E-state index in [-0.39, 0.29) is 5.82 Å². The Balaban J connectivity index is 1.81. The van der Waals surface area contributed by atoms with Gasteiger partial charge in [0.1, 0.15) is 5.82 Å². The first-order valence-electron chi connectivity index (χ1n) is 6.87. The maximum absolute atomic E-state index is 13.4. The second-order valence-electron chi connectivity index (χ2n) is 5.81. The van der Waals surface area contributed by atoms with Crippen LogP contribution < -0.4 is 4.90 Å². The minimum absolute atomic E-state index is 0.119. The van der Waals surface area contributed by atoms with Crippen molar-refractivity contribution in [2.24, 2.45) is 5.41 Å². The van der Waals surface area contributed by atoms with Crippen LogP contribution in [0.1, 0.15) is 31.2 Å². The van der Waals surface area contributed by atoms with E-state index in [4.69, 9.17) is 0 Å². The number of fused-ring (bicyclic) bond motifs is 1. The Kier molecular flexibility index (Phi) is 3.27.